The van der Waals surface area contributed by atoms with E-state index < -0.39 is 17.2 Å². The molecule has 76 valence electrons. The van der Waals surface area contributed by atoms with E-state index in [1.54, 1.807) is 13.0 Å². The van der Waals surface area contributed by atoms with Gasteiger partial charge in [-0.1, -0.05) is 6.07 Å². The van der Waals surface area contributed by atoms with E-state index in [0.29, 0.717) is 5.56 Å². The van der Waals surface area contributed by atoms with Crippen molar-refractivity contribution >= 4 is 17.6 Å². The molecule has 0 aliphatic rings. The molecule has 0 heterocycles. The van der Waals surface area contributed by atoms with Crippen molar-refractivity contribution in [3.8, 4) is 0 Å². The minimum absolute atomic E-state index is 0.417. The van der Waals surface area contributed by atoms with Crippen LogP contribution in [-0.2, 0) is 9.53 Å². The smallest absolute Gasteiger partial charge is 0.328 e. The van der Waals surface area contributed by atoms with Gasteiger partial charge in [0.2, 0.25) is 0 Å². The average molecular weight is 217 g/mol. The Morgan fingerprint density at radius 2 is 2.21 bits per heavy atom. The number of alkyl halides is 1. The minimum Gasteiger partial charge on any atom is -0.468 e. The lowest BCUT2D eigenvalue weighted by molar-refractivity contribution is -0.140. The third kappa shape index (κ3) is 2.23. The third-order valence-corrected chi connectivity index (χ3v) is 2.34. The van der Waals surface area contributed by atoms with Gasteiger partial charge in [-0.2, -0.15) is 0 Å². The Labute approximate surface area is 86.6 Å². The number of hydrogen-bond acceptors (Lipinski definition) is 2. The van der Waals surface area contributed by atoms with Gasteiger partial charge >= 0.3 is 5.97 Å². The van der Waals surface area contributed by atoms with Crippen molar-refractivity contribution in [2.75, 3.05) is 7.11 Å². The van der Waals surface area contributed by atoms with E-state index in [4.69, 9.17) is 11.6 Å². The van der Waals surface area contributed by atoms with Crippen LogP contribution >= 0.6 is 11.6 Å². The highest BCUT2D eigenvalue weighted by Gasteiger charge is 2.20. The van der Waals surface area contributed by atoms with Gasteiger partial charge in [0.15, 0.2) is 5.38 Å². The molecule has 0 fully saturated rings. The van der Waals surface area contributed by atoms with E-state index in [9.17, 15) is 9.18 Å². The van der Waals surface area contributed by atoms with Crippen molar-refractivity contribution in [1.29, 1.82) is 0 Å². The molecule has 1 atom stereocenters. The van der Waals surface area contributed by atoms with Gasteiger partial charge in [0, 0.05) is 0 Å². The molecule has 0 N–H and O–H groups in total. The molecule has 0 radical (unpaired) electrons. The van der Waals surface area contributed by atoms with E-state index >= 15 is 0 Å². The van der Waals surface area contributed by atoms with Crippen LogP contribution in [0.4, 0.5) is 4.39 Å². The summed E-state index contributed by atoms with van der Waals surface area (Å²) in [6.07, 6.45) is 0. The van der Waals surface area contributed by atoms with Crippen LogP contribution in [0.3, 0.4) is 0 Å². The number of ether oxygens (including phenoxy) is 1. The summed E-state index contributed by atoms with van der Waals surface area (Å²) in [5, 5.41) is -0.948. The molecule has 0 aliphatic carbocycles. The Kier molecular flexibility index (Phi) is 3.47. The third-order valence-electron chi connectivity index (χ3n) is 1.92. The predicted octanol–water partition coefficient (Wildman–Crippen LogP) is 2.59. The SMILES string of the molecule is COC(=O)C(Cl)c1cc(F)ccc1C. The summed E-state index contributed by atoms with van der Waals surface area (Å²) in [7, 11) is 1.24. The van der Waals surface area contributed by atoms with Crippen molar-refractivity contribution in [1.82, 2.24) is 0 Å². The van der Waals surface area contributed by atoms with Crippen LogP contribution in [0.15, 0.2) is 18.2 Å². The summed E-state index contributed by atoms with van der Waals surface area (Å²) in [6.45, 7) is 1.76. The first-order valence-electron chi connectivity index (χ1n) is 4.04. The summed E-state index contributed by atoms with van der Waals surface area (Å²) in [5.74, 6) is -1.000. The molecule has 0 bridgehead atoms. The second-order valence-corrected chi connectivity index (χ2v) is 3.32. The summed E-state index contributed by atoms with van der Waals surface area (Å²) < 4.78 is 17.3. The maximum Gasteiger partial charge on any atom is 0.328 e. The molecule has 1 rings (SSSR count). The molecule has 0 saturated carbocycles. The quantitative estimate of drug-likeness (QED) is 0.561. The second kappa shape index (κ2) is 4.42. The van der Waals surface area contributed by atoms with Crippen LogP contribution in [-0.4, -0.2) is 13.1 Å². The van der Waals surface area contributed by atoms with E-state index in [-0.39, 0.29) is 0 Å². The van der Waals surface area contributed by atoms with Crippen LogP contribution < -0.4 is 0 Å². The van der Waals surface area contributed by atoms with Gasteiger partial charge in [0.1, 0.15) is 5.82 Å². The first kappa shape index (κ1) is 11.0. The first-order valence-corrected chi connectivity index (χ1v) is 4.48. The topological polar surface area (TPSA) is 26.3 Å². The van der Waals surface area contributed by atoms with Gasteiger partial charge in [-0.15, -0.1) is 11.6 Å². The zero-order valence-corrected chi connectivity index (χ0v) is 8.64. The molecule has 0 spiro atoms. The lowest BCUT2D eigenvalue weighted by atomic mass is 10.1. The van der Waals surface area contributed by atoms with Gasteiger partial charge in [-0.25, -0.2) is 4.39 Å². The number of esters is 1. The fourth-order valence-corrected chi connectivity index (χ4v) is 1.44. The fraction of sp³-hybridized carbons (Fsp3) is 0.300. The largest absolute Gasteiger partial charge is 0.468 e. The maximum absolute atomic E-state index is 12.9. The summed E-state index contributed by atoms with van der Waals surface area (Å²) >= 11 is 5.79. The minimum atomic E-state index is -0.948. The monoisotopic (exact) mass is 216 g/mol. The molecule has 14 heavy (non-hydrogen) atoms. The van der Waals surface area contributed by atoms with Gasteiger partial charge in [-0.05, 0) is 30.2 Å². The number of hydrogen-bond donors (Lipinski definition) is 0. The number of benzene rings is 1. The lowest BCUT2D eigenvalue weighted by Gasteiger charge is -2.10. The van der Waals surface area contributed by atoms with Crippen molar-refractivity contribution in [2.24, 2.45) is 0 Å². The second-order valence-electron chi connectivity index (χ2n) is 2.89. The van der Waals surface area contributed by atoms with Crippen LogP contribution in [0.5, 0.6) is 0 Å². The van der Waals surface area contributed by atoms with Crippen molar-refractivity contribution < 1.29 is 13.9 Å². The van der Waals surface area contributed by atoms with Crippen molar-refractivity contribution in [3.63, 3.8) is 0 Å². The zero-order valence-electron chi connectivity index (χ0n) is 7.88. The summed E-state index contributed by atoms with van der Waals surface area (Å²) in [5.41, 5.74) is 1.20. The van der Waals surface area contributed by atoms with Gasteiger partial charge in [0.25, 0.3) is 0 Å². The van der Waals surface area contributed by atoms with Crippen molar-refractivity contribution in [3.05, 3.63) is 35.1 Å². The van der Waals surface area contributed by atoms with Gasteiger partial charge in [0.05, 0.1) is 7.11 Å². The first-order chi connectivity index (χ1) is 6.56. The Balaban J connectivity index is 3.05. The molecule has 0 aliphatic heterocycles. The molecule has 0 amide bonds. The number of methoxy groups -OCH3 is 1. The maximum atomic E-state index is 12.9. The molecule has 1 aromatic carbocycles. The fourth-order valence-electron chi connectivity index (χ4n) is 1.11. The van der Waals surface area contributed by atoms with Crippen molar-refractivity contribution in [2.45, 2.75) is 12.3 Å². The molecule has 2 nitrogen and oxygen atoms in total. The number of carbonyl (C=O) groups excluding carboxylic acids is 1. The Morgan fingerprint density at radius 3 is 2.79 bits per heavy atom. The molecule has 1 aromatic rings. The van der Waals surface area contributed by atoms with Gasteiger partial charge in [-0.3, -0.25) is 4.79 Å². The van der Waals surface area contributed by atoms with E-state index in [1.807, 2.05) is 0 Å². The average Bonchev–Trinajstić information content (AvgIpc) is 2.19. The summed E-state index contributed by atoms with van der Waals surface area (Å²) in [4.78, 5) is 11.1. The molecule has 0 aromatic heterocycles. The highest BCUT2D eigenvalue weighted by molar-refractivity contribution is 6.30. The van der Waals surface area contributed by atoms with E-state index in [1.165, 1.54) is 19.2 Å². The number of rotatable bonds is 2. The molecular formula is C10H10ClFO2. The zero-order chi connectivity index (χ0) is 10.7. The molecule has 0 saturated heterocycles. The van der Waals surface area contributed by atoms with E-state index in [2.05, 4.69) is 4.74 Å². The van der Waals surface area contributed by atoms with Gasteiger partial charge < -0.3 is 4.74 Å². The Hall–Kier alpha value is -1.09. The van der Waals surface area contributed by atoms with E-state index in [0.717, 1.165) is 5.56 Å². The van der Waals surface area contributed by atoms with Crippen LogP contribution in [0.25, 0.3) is 0 Å². The normalized spacial score (nSPS) is 12.3. The Morgan fingerprint density at radius 1 is 1.57 bits per heavy atom. The number of aryl methyl sites for hydroxylation is 1. The number of carbonyl (C=O) groups is 1. The summed E-state index contributed by atoms with van der Waals surface area (Å²) in [6, 6.07) is 4.13. The molecule has 1 unspecified atom stereocenters. The predicted molar refractivity (Wildman–Crippen MR) is 51.7 cm³/mol. The lowest BCUT2D eigenvalue weighted by Crippen LogP contribution is -2.10. The number of halogens is 2. The van der Waals surface area contributed by atoms with Crippen LogP contribution in [0, 0.1) is 12.7 Å². The highest BCUT2D eigenvalue weighted by atomic mass is 35.5. The Bertz CT molecular complexity index is 352. The highest BCUT2D eigenvalue weighted by Crippen LogP contribution is 2.25. The molecular weight excluding hydrogens is 207 g/mol. The molecule has 4 heteroatoms. The van der Waals surface area contributed by atoms with Crippen LogP contribution in [0.1, 0.15) is 16.5 Å². The standard InChI is InChI=1S/C10H10ClFO2/c1-6-3-4-7(12)5-8(6)9(11)10(13)14-2/h3-5,9H,1-2H3. The van der Waals surface area contributed by atoms with Crippen LogP contribution in [0.2, 0.25) is 0 Å².